The van der Waals surface area contributed by atoms with Crippen LogP contribution in [0.4, 0.5) is 0 Å². The van der Waals surface area contributed by atoms with Gasteiger partial charge in [-0.25, -0.2) is 9.78 Å². The van der Waals surface area contributed by atoms with Gasteiger partial charge in [0.15, 0.2) is 0 Å². The molecule has 0 fully saturated rings. The first-order valence-corrected chi connectivity index (χ1v) is 9.61. The molecule has 0 spiro atoms. The Bertz CT molecular complexity index is 943. The van der Waals surface area contributed by atoms with E-state index in [9.17, 15) is 14.4 Å². The molecule has 0 radical (unpaired) electrons. The van der Waals surface area contributed by atoms with Crippen molar-refractivity contribution in [3.63, 3.8) is 0 Å². The lowest BCUT2D eigenvalue weighted by atomic mass is 10.0. The fourth-order valence-electron chi connectivity index (χ4n) is 3.08. The molecule has 0 aliphatic rings. The molecule has 8 nitrogen and oxygen atoms in total. The topological polar surface area (TPSA) is 92.4 Å². The zero-order valence-corrected chi connectivity index (χ0v) is 17.2. The van der Waals surface area contributed by atoms with Crippen LogP contribution in [0.5, 0.6) is 5.75 Å². The Labute approximate surface area is 164 Å². The van der Waals surface area contributed by atoms with E-state index in [4.69, 9.17) is 4.74 Å². The molecule has 0 bridgehead atoms. The molecule has 0 aromatic carbocycles. The third-order valence-electron chi connectivity index (χ3n) is 4.47. The third-order valence-corrected chi connectivity index (χ3v) is 4.47. The number of pyridine rings is 1. The molecule has 0 saturated carbocycles. The highest BCUT2D eigenvalue weighted by Gasteiger charge is 2.20. The monoisotopic (exact) mass is 391 g/mol. The molecule has 2 heterocycles. The van der Waals surface area contributed by atoms with E-state index in [1.165, 1.54) is 9.13 Å². The second-order valence-electron chi connectivity index (χ2n) is 7.52. The van der Waals surface area contributed by atoms with Crippen molar-refractivity contribution in [3.05, 3.63) is 32.6 Å². The van der Waals surface area contributed by atoms with Gasteiger partial charge in [-0.2, -0.15) is 0 Å². The second-order valence-corrected chi connectivity index (χ2v) is 7.52. The SMILES string of the molecule is CC(C)CCc1c(OC(C)C)cnc2c1c(=O)n(CCCOC=O)c(=O)n2C. The number of rotatable bonds is 10. The molecule has 0 aliphatic carbocycles. The van der Waals surface area contributed by atoms with Gasteiger partial charge in [-0.15, -0.1) is 0 Å². The van der Waals surface area contributed by atoms with Gasteiger partial charge in [0.05, 0.1) is 24.3 Å². The maximum absolute atomic E-state index is 13.2. The summed E-state index contributed by atoms with van der Waals surface area (Å²) in [4.78, 5) is 40.5. The van der Waals surface area contributed by atoms with Crippen molar-refractivity contribution in [1.82, 2.24) is 14.1 Å². The highest BCUT2D eigenvalue weighted by atomic mass is 16.5. The lowest BCUT2D eigenvalue weighted by Gasteiger charge is -2.18. The van der Waals surface area contributed by atoms with Crippen LogP contribution in [0.3, 0.4) is 0 Å². The molecule has 0 N–H and O–H groups in total. The van der Waals surface area contributed by atoms with E-state index < -0.39 is 5.69 Å². The number of hydrogen-bond donors (Lipinski definition) is 0. The van der Waals surface area contributed by atoms with Crippen LogP contribution in [-0.2, 0) is 29.5 Å². The van der Waals surface area contributed by atoms with Crippen LogP contribution in [0.2, 0.25) is 0 Å². The van der Waals surface area contributed by atoms with E-state index in [2.05, 4.69) is 23.6 Å². The molecule has 0 saturated heterocycles. The largest absolute Gasteiger partial charge is 0.489 e. The summed E-state index contributed by atoms with van der Waals surface area (Å²) in [6, 6.07) is 0. The molecule has 0 unspecified atom stereocenters. The molecule has 28 heavy (non-hydrogen) atoms. The number of aryl methyl sites for hydroxylation is 2. The maximum atomic E-state index is 13.2. The Morgan fingerprint density at radius 1 is 1.21 bits per heavy atom. The van der Waals surface area contributed by atoms with Crippen molar-refractivity contribution in [2.45, 2.75) is 59.6 Å². The Balaban J connectivity index is 2.67. The van der Waals surface area contributed by atoms with E-state index >= 15 is 0 Å². The Kier molecular flexibility index (Phi) is 7.37. The summed E-state index contributed by atoms with van der Waals surface area (Å²) in [5.41, 5.74) is 0.309. The van der Waals surface area contributed by atoms with Crippen LogP contribution in [-0.4, -0.2) is 33.3 Å². The van der Waals surface area contributed by atoms with Crippen molar-refractivity contribution < 1.29 is 14.3 Å². The number of carbonyl (C=O) groups excluding carboxylic acids is 1. The average Bonchev–Trinajstić information content (AvgIpc) is 2.63. The van der Waals surface area contributed by atoms with Crippen LogP contribution in [0.1, 0.15) is 46.1 Å². The first-order chi connectivity index (χ1) is 13.3. The zero-order valence-electron chi connectivity index (χ0n) is 17.2. The molecule has 0 aliphatic heterocycles. The summed E-state index contributed by atoms with van der Waals surface area (Å²) < 4.78 is 13.1. The van der Waals surface area contributed by atoms with E-state index in [0.717, 1.165) is 12.0 Å². The first-order valence-electron chi connectivity index (χ1n) is 9.61. The fraction of sp³-hybridized carbons (Fsp3) is 0.600. The van der Waals surface area contributed by atoms with Crippen LogP contribution in [0.15, 0.2) is 15.8 Å². The van der Waals surface area contributed by atoms with E-state index in [0.29, 0.717) is 42.0 Å². The molecular formula is C20H29N3O5. The molecule has 0 amide bonds. The molecule has 8 heteroatoms. The van der Waals surface area contributed by atoms with Crippen LogP contribution in [0, 0.1) is 5.92 Å². The standard InChI is InChI=1S/C20H29N3O5/c1-13(2)7-8-15-16(28-14(3)4)11-21-18-17(15)19(25)23(20(26)22(18)5)9-6-10-27-12-24/h11-14H,6-10H2,1-5H3. The van der Waals surface area contributed by atoms with Gasteiger partial charge in [0.25, 0.3) is 12.0 Å². The number of aromatic nitrogens is 3. The summed E-state index contributed by atoms with van der Waals surface area (Å²) in [5, 5.41) is 0.414. The Morgan fingerprint density at radius 3 is 2.54 bits per heavy atom. The van der Waals surface area contributed by atoms with Gasteiger partial charge >= 0.3 is 5.69 Å². The molecule has 154 valence electrons. The predicted molar refractivity (Wildman–Crippen MR) is 107 cm³/mol. The van der Waals surface area contributed by atoms with Crippen molar-refractivity contribution in [2.24, 2.45) is 13.0 Å². The summed E-state index contributed by atoms with van der Waals surface area (Å²) in [6.45, 7) is 8.73. The molecule has 2 rings (SSSR count). The number of ether oxygens (including phenoxy) is 2. The smallest absolute Gasteiger partial charge is 0.332 e. The number of hydrogen-bond acceptors (Lipinski definition) is 6. The zero-order chi connectivity index (χ0) is 20.8. The van der Waals surface area contributed by atoms with E-state index in [-0.39, 0.29) is 24.8 Å². The van der Waals surface area contributed by atoms with Gasteiger partial charge in [0.2, 0.25) is 0 Å². The van der Waals surface area contributed by atoms with Crippen LogP contribution < -0.4 is 16.0 Å². The van der Waals surface area contributed by atoms with E-state index in [1.807, 2.05) is 13.8 Å². The fourth-order valence-corrected chi connectivity index (χ4v) is 3.08. The van der Waals surface area contributed by atoms with Gasteiger partial charge in [0.1, 0.15) is 11.4 Å². The Hall–Kier alpha value is -2.64. The van der Waals surface area contributed by atoms with Crippen LogP contribution in [0.25, 0.3) is 11.0 Å². The predicted octanol–water partition coefficient (Wildman–Crippen LogP) is 2.03. The van der Waals surface area contributed by atoms with E-state index in [1.54, 1.807) is 13.2 Å². The minimum absolute atomic E-state index is 0.0627. The van der Waals surface area contributed by atoms with Gasteiger partial charge in [0, 0.05) is 19.2 Å². The van der Waals surface area contributed by atoms with Crippen LogP contribution >= 0.6 is 0 Å². The third kappa shape index (κ3) is 4.79. The molecule has 2 aromatic rings. The number of fused-ring (bicyclic) bond motifs is 1. The van der Waals surface area contributed by atoms with Crippen molar-refractivity contribution in [2.75, 3.05) is 6.61 Å². The van der Waals surface area contributed by atoms with Crippen molar-refractivity contribution in [1.29, 1.82) is 0 Å². The normalized spacial score (nSPS) is 11.4. The summed E-state index contributed by atoms with van der Waals surface area (Å²) in [7, 11) is 1.60. The molecule has 0 atom stereocenters. The maximum Gasteiger partial charge on any atom is 0.332 e. The molecular weight excluding hydrogens is 362 g/mol. The van der Waals surface area contributed by atoms with Crippen molar-refractivity contribution >= 4 is 17.5 Å². The first kappa shape index (κ1) is 21.7. The summed E-state index contributed by atoms with van der Waals surface area (Å²) in [5.74, 6) is 1.03. The van der Waals surface area contributed by atoms with Gasteiger partial charge in [-0.1, -0.05) is 13.8 Å². The minimum Gasteiger partial charge on any atom is -0.489 e. The second kappa shape index (κ2) is 9.52. The molecule has 2 aromatic heterocycles. The number of nitrogens with zero attached hydrogens (tertiary/aromatic N) is 3. The van der Waals surface area contributed by atoms with Gasteiger partial charge in [-0.3, -0.25) is 18.7 Å². The highest BCUT2D eigenvalue weighted by molar-refractivity contribution is 5.80. The number of carbonyl (C=O) groups is 1. The quantitative estimate of drug-likeness (QED) is 0.455. The highest BCUT2D eigenvalue weighted by Crippen LogP contribution is 2.27. The lowest BCUT2D eigenvalue weighted by molar-refractivity contribution is -0.128. The van der Waals surface area contributed by atoms with Crippen molar-refractivity contribution in [3.8, 4) is 5.75 Å². The average molecular weight is 391 g/mol. The minimum atomic E-state index is -0.441. The van der Waals surface area contributed by atoms with Gasteiger partial charge < -0.3 is 9.47 Å². The Morgan fingerprint density at radius 2 is 1.93 bits per heavy atom. The summed E-state index contributed by atoms with van der Waals surface area (Å²) >= 11 is 0. The lowest BCUT2D eigenvalue weighted by Crippen LogP contribution is -2.40. The van der Waals surface area contributed by atoms with Gasteiger partial charge in [-0.05, 0) is 39.0 Å². The summed E-state index contributed by atoms with van der Waals surface area (Å²) in [6.07, 6.45) is 3.44.